The van der Waals surface area contributed by atoms with Gasteiger partial charge in [-0.25, -0.2) is 23.7 Å². The number of aromatic nitrogens is 3. The van der Waals surface area contributed by atoms with Crippen LogP contribution in [0.1, 0.15) is 10.4 Å². The van der Waals surface area contributed by atoms with E-state index in [1.54, 1.807) is 6.20 Å². The Labute approximate surface area is 166 Å². The number of amides is 1. The molecule has 0 atom stereocenters. The molecule has 3 aromatic rings. The number of piperazine rings is 1. The van der Waals surface area contributed by atoms with Crippen molar-refractivity contribution in [3.05, 3.63) is 72.2 Å². The van der Waals surface area contributed by atoms with Gasteiger partial charge in [-0.15, -0.1) is 0 Å². The van der Waals surface area contributed by atoms with E-state index < -0.39 is 17.5 Å². The first-order valence-electron chi connectivity index (χ1n) is 9.09. The van der Waals surface area contributed by atoms with E-state index in [0.29, 0.717) is 5.95 Å². The number of halogens is 2. The maximum atomic E-state index is 13.3. The molecular weight excluding hydrogens is 378 g/mol. The third kappa shape index (κ3) is 4.29. The molecule has 1 amide bonds. The zero-order chi connectivity index (χ0) is 20.2. The minimum absolute atomic E-state index is 0.156. The molecule has 1 aliphatic heterocycles. The van der Waals surface area contributed by atoms with Gasteiger partial charge in [-0.05, 0) is 24.3 Å². The smallest absolute Gasteiger partial charge is 0.258 e. The molecule has 1 aliphatic rings. The fourth-order valence-corrected chi connectivity index (χ4v) is 3.06. The molecule has 1 aromatic carbocycles. The van der Waals surface area contributed by atoms with Crippen LogP contribution in [0.3, 0.4) is 0 Å². The van der Waals surface area contributed by atoms with E-state index in [0.717, 1.165) is 44.1 Å². The minimum Gasteiger partial charge on any atom is -0.353 e. The number of pyridine rings is 1. The van der Waals surface area contributed by atoms with Crippen LogP contribution < -0.4 is 15.1 Å². The van der Waals surface area contributed by atoms with Gasteiger partial charge >= 0.3 is 0 Å². The van der Waals surface area contributed by atoms with E-state index >= 15 is 0 Å². The molecule has 29 heavy (non-hydrogen) atoms. The Morgan fingerprint density at radius 2 is 1.62 bits per heavy atom. The number of nitrogens with zero attached hydrogens (tertiary/aromatic N) is 5. The van der Waals surface area contributed by atoms with Gasteiger partial charge in [0.15, 0.2) is 11.6 Å². The lowest BCUT2D eigenvalue weighted by Crippen LogP contribution is -2.47. The highest BCUT2D eigenvalue weighted by atomic mass is 19.2. The topological polar surface area (TPSA) is 74.2 Å². The highest BCUT2D eigenvalue weighted by Gasteiger charge is 2.20. The lowest BCUT2D eigenvalue weighted by Gasteiger charge is -2.35. The highest BCUT2D eigenvalue weighted by Crippen LogP contribution is 2.17. The molecular formula is C20H18F2N6O. The van der Waals surface area contributed by atoms with E-state index in [4.69, 9.17) is 0 Å². The summed E-state index contributed by atoms with van der Waals surface area (Å²) in [5.74, 6) is -1.02. The molecule has 148 valence electrons. The van der Waals surface area contributed by atoms with E-state index in [2.05, 4.69) is 25.2 Å². The summed E-state index contributed by atoms with van der Waals surface area (Å²) in [5.41, 5.74) is 0.384. The summed E-state index contributed by atoms with van der Waals surface area (Å²) in [6.45, 7) is 3.05. The molecule has 7 nitrogen and oxygen atoms in total. The fraction of sp³-hybridized carbons (Fsp3) is 0.200. The van der Waals surface area contributed by atoms with Gasteiger partial charge in [0.05, 0.1) is 5.56 Å². The average Bonchev–Trinajstić information content (AvgIpc) is 2.77. The Morgan fingerprint density at radius 3 is 2.28 bits per heavy atom. The van der Waals surface area contributed by atoms with Gasteiger partial charge in [-0.2, -0.15) is 0 Å². The van der Waals surface area contributed by atoms with Crippen LogP contribution in [0.15, 0.2) is 55.0 Å². The fourth-order valence-electron chi connectivity index (χ4n) is 3.06. The predicted octanol–water partition coefficient (Wildman–Crippen LogP) is 2.73. The van der Waals surface area contributed by atoms with Gasteiger partial charge in [-0.3, -0.25) is 4.79 Å². The standard InChI is InChI=1S/C20H18F2N6O/c21-16-5-4-15(11-17(16)22)26-19(29)14-12-24-20(25-13-14)28-9-7-27(8-10-28)18-3-1-2-6-23-18/h1-6,11-13H,7-10H2,(H,26,29). The molecule has 1 N–H and O–H groups in total. The first kappa shape index (κ1) is 18.7. The Kier molecular flexibility index (Phi) is 5.28. The number of nitrogens with one attached hydrogen (secondary N) is 1. The first-order chi connectivity index (χ1) is 14.1. The monoisotopic (exact) mass is 396 g/mol. The van der Waals surface area contributed by atoms with Gasteiger partial charge in [0.1, 0.15) is 5.82 Å². The van der Waals surface area contributed by atoms with Crippen molar-refractivity contribution in [2.45, 2.75) is 0 Å². The second kappa shape index (κ2) is 8.17. The zero-order valence-electron chi connectivity index (χ0n) is 15.4. The molecule has 0 unspecified atom stereocenters. The number of carbonyl (C=O) groups is 1. The van der Waals surface area contributed by atoms with Crippen molar-refractivity contribution in [1.82, 2.24) is 15.0 Å². The van der Waals surface area contributed by atoms with Crippen molar-refractivity contribution in [3.8, 4) is 0 Å². The van der Waals surface area contributed by atoms with Crippen LogP contribution in [0.5, 0.6) is 0 Å². The van der Waals surface area contributed by atoms with Crippen LogP contribution >= 0.6 is 0 Å². The minimum atomic E-state index is -1.03. The molecule has 0 saturated carbocycles. The molecule has 0 aliphatic carbocycles. The second-order valence-electron chi connectivity index (χ2n) is 6.52. The predicted molar refractivity (Wildman–Crippen MR) is 105 cm³/mol. The molecule has 0 radical (unpaired) electrons. The molecule has 0 bridgehead atoms. The van der Waals surface area contributed by atoms with Gasteiger partial charge in [0.2, 0.25) is 5.95 Å². The van der Waals surface area contributed by atoms with Gasteiger partial charge in [0.25, 0.3) is 5.91 Å². The normalized spacial score (nSPS) is 14.0. The summed E-state index contributed by atoms with van der Waals surface area (Å²) in [4.78, 5) is 29.4. The summed E-state index contributed by atoms with van der Waals surface area (Å²) in [5, 5.41) is 2.50. The third-order valence-corrected chi connectivity index (χ3v) is 4.61. The van der Waals surface area contributed by atoms with Crippen molar-refractivity contribution in [3.63, 3.8) is 0 Å². The number of anilines is 3. The van der Waals surface area contributed by atoms with Crippen molar-refractivity contribution in [1.29, 1.82) is 0 Å². The van der Waals surface area contributed by atoms with E-state index in [9.17, 15) is 13.6 Å². The largest absolute Gasteiger partial charge is 0.353 e. The molecule has 3 heterocycles. The summed E-state index contributed by atoms with van der Waals surface area (Å²) >= 11 is 0. The quantitative estimate of drug-likeness (QED) is 0.731. The maximum Gasteiger partial charge on any atom is 0.258 e. The molecule has 9 heteroatoms. The second-order valence-corrected chi connectivity index (χ2v) is 6.52. The van der Waals surface area contributed by atoms with Crippen molar-refractivity contribution >= 4 is 23.4 Å². The number of benzene rings is 1. The number of carbonyl (C=O) groups excluding carboxylic acids is 1. The molecule has 1 saturated heterocycles. The van der Waals surface area contributed by atoms with Crippen LogP contribution in [-0.4, -0.2) is 47.0 Å². The number of hydrogen-bond acceptors (Lipinski definition) is 6. The summed E-state index contributed by atoms with van der Waals surface area (Å²) in [7, 11) is 0. The maximum absolute atomic E-state index is 13.3. The average molecular weight is 396 g/mol. The summed E-state index contributed by atoms with van der Waals surface area (Å²) < 4.78 is 26.2. The number of hydrogen-bond donors (Lipinski definition) is 1. The van der Waals surface area contributed by atoms with Crippen LogP contribution in [0.25, 0.3) is 0 Å². The summed E-state index contributed by atoms with van der Waals surface area (Å²) in [6.07, 6.45) is 4.61. The summed E-state index contributed by atoms with van der Waals surface area (Å²) in [6, 6.07) is 8.98. The van der Waals surface area contributed by atoms with Crippen LogP contribution in [0.2, 0.25) is 0 Å². The Hall–Kier alpha value is -3.62. The first-order valence-corrected chi connectivity index (χ1v) is 9.09. The van der Waals surface area contributed by atoms with Crippen LogP contribution in [0.4, 0.5) is 26.2 Å². The van der Waals surface area contributed by atoms with Crippen LogP contribution in [-0.2, 0) is 0 Å². The Balaban J connectivity index is 1.36. The highest BCUT2D eigenvalue weighted by molar-refractivity contribution is 6.03. The van der Waals surface area contributed by atoms with E-state index in [1.807, 2.05) is 23.1 Å². The van der Waals surface area contributed by atoms with E-state index in [-0.39, 0.29) is 11.3 Å². The lowest BCUT2D eigenvalue weighted by molar-refractivity contribution is 0.102. The van der Waals surface area contributed by atoms with E-state index in [1.165, 1.54) is 18.5 Å². The third-order valence-electron chi connectivity index (χ3n) is 4.61. The van der Waals surface area contributed by atoms with Gasteiger partial charge < -0.3 is 15.1 Å². The van der Waals surface area contributed by atoms with Crippen molar-refractivity contribution < 1.29 is 13.6 Å². The Morgan fingerprint density at radius 1 is 0.897 bits per heavy atom. The number of rotatable bonds is 4. The lowest BCUT2D eigenvalue weighted by atomic mass is 10.2. The van der Waals surface area contributed by atoms with Gasteiger partial charge in [0, 0.05) is 56.5 Å². The van der Waals surface area contributed by atoms with Crippen LogP contribution in [0, 0.1) is 11.6 Å². The van der Waals surface area contributed by atoms with Crippen molar-refractivity contribution in [2.75, 3.05) is 41.3 Å². The Bertz CT molecular complexity index is 992. The molecule has 2 aromatic heterocycles. The van der Waals surface area contributed by atoms with Crippen molar-refractivity contribution in [2.24, 2.45) is 0 Å². The molecule has 1 fully saturated rings. The SMILES string of the molecule is O=C(Nc1ccc(F)c(F)c1)c1cnc(N2CCN(c3ccccn3)CC2)nc1. The molecule has 4 rings (SSSR count). The zero-order valence-corrected chi connectivity index (χ0v) is 15.4. The molecule has 0 spiro atoms. The van der Waals surface area contributed by atoms with Gasteiger partial charge in [-0.1, -0.05) is 6.07 Å².